The van der Waals surface area contributed by atoms with Crippen LogP contribution in [0.5, 0.6) is 0 Å². The minimum absolute atomic E-state index is 0.214. The van der Waals surface area contributed by atoms with Gasteiger partial charge in [0.25, 0.3) is 0 Å². The maximum absolute atomic E-state index is 11.5. The van der Waals surface area contributed by atoms with Gasteiger partial charge in [0.2, 0.25) is 0 Å². The van der Waals surface area contributed by atoms with Crippen LogP contribution in [0.25, 0.3) is 0 Å². The quantitative estimate of drug-likeness (QED) is 0.695. The van der Waals surface area contributed by atoms with Crippen molar-refractivity contribution in [2.24, 2.45) is 5.92 Å². The van der Waals surface area contributed by atoms with E-state index in [0.717, 1.165) is 6.54 Å². The Kier molecular flexibility index (Phi) is 6.21. The van der Waals surface area contributed by atoms with Crippen LogP contribution >= 0.6 is 0 Å². The minimum atomic E-state index is -0.481. The third-order valence-electron chi connectivity index (χ3n) is 2.49. The van der Waals surface area contributed by atoms with Crippen molar-refractivity contribution >= 4 is 11.8 Å². The molecular formula is C13H21N3O3. The molecule has 0 atom stereocenters. The van der Waals surface area contributed by atoms with Gasteiger partial charge in [0.15, 0.2) is 5.69 Å². The van der Waals surface area contributed by atoms with Gasteiger partial charge in [0.05, 0.1) is 26.1 Å². The van der Waals surface area contributed by atoms with Gasteiger partial charge in [-0.1, -0.05) is 13.8 Å². The third kappa shape index (κ3) is 4.82. The van der Waals surface area contributed by atoms with Crippen molar-refractivity contribution in [1.29, 1.82) is 0 Å². The van der Waals surface area contributed by atoms with Gasteiger partial charge in [-0.3, -0.25) is 4.98 Å². The predicted molar refractivity (Wildman–Crippen MR) is 72.3 cm³/mol. The van der Waals surface area contributed by atoms with E-state index < -0.39 is 5.97 Å². The second-order valence-corrected chi connectivity index (χ2v) is 4.59. The van der Waals surface area contributed by atoms with E-state index in [2.05, 4.69) is 28.6 Å². The first-order chi connectivity index (χ1) is 9.08. The number of anilines is 1. The largest absolute Gasteiger partial charge is 0.464 e. The summed E-state index contributed by atoms with van der Waals surface area (Å²) < 4.78 is 9.74. The smallest absolute Gasteiger partial charge is 0.358 e. The number of rotatable bonds is 7. The van der Waals surface area contributed by atoms with Gasteiger partial charge in [-0.05, 0) is 5.92 Å². The highest BCUT2D eigenvalue weighted by molar-refractivity contribution is 5.87. The highest BCUT2D eigenvalue weighted by Crippen LogP contribution is 2.12. The lowest BCUT2D eigenvalue weighted by Crippen LogP contribution is -2.32. The maximum Gasteiger partial charge on any atom is 0.358 e. The first kappa shape index (κ1) is 15.4. The molecule has 0 spiro atoms. The molecule has 6 nitrogen and oxygen atoms in total. The van der Waals surface area contributed by atoms with Crippen LogP contribution in [0.2, 0.25) is 0 Å². The van der Waals surface area contributed by atoms with Crippen molar-refractivity contribution in [3.8, 4) is 0 Å². The molecule has 1 heterocycles. The fourth-order valence-electron chi connectivity index (χ4n) is 1.65. The van der Waals surface area contributed by atoms with Crippen molar-refractivity contribution in [2.45, 2.75) is 13.8 Å². The van der Waals surface area contributed by atoms with Gasteiger partial charge in [-0.2, -0.15) is 0 Å². The highest BCUT2D eigenvalue weighted by atomic mass is 16.5. The Morgan fingerprint density at radius 1 is 1.37 bits per heavy atom. The topological polar surface area (TPSA) is 64.5 Å². The van der Waals surface area contributed by atoms with Crippen molar-refractivity contribution in [3.63, 3.8) is 0 Å². The van der Waals surface area contributed by atoms with Crippen LogP contribution < -0.4 is 4.90 Å². The van der Waals surface area contributed by atoms with Crippen LogP contribution in [-0.4, -0.2) is 49.9 Å². The lowest BCUT2D eigenvalue weighted by molar-refractivity contribution is 0.0593. The third-order valence-corrected chi connectivity index (χ3v) is 2.49. The Morgan fingerprint density at radius 2 is 2.11 bits per heavy atom. The molecule has 0 amide bonds. The summed E-state index contributed by atoms with van der Waals surface area (Å²) in [6.07, 6.45) is 3.05. The van der Waals surface area contributed by atoms with E-state index in [4.69, 9.17) is 4.74 Å². The second kappa shape index (κ2) is 7.68. The SMILES string of the molecule is COCCN(CC(C)C)c1cncc(C(=O)OC)n1. The number of carbonyl (C=O) groups is 1. The molecule has 0 fully saturated rings. The molecule has 19 heavy (non-hydrogen) atoms. The zero-order chi connectivity index (χ0) is 14.3. The van der Waals surface area contributed by atoms with Crippen molar-refractivity contribution < 1.29 is 14.3 Å². The Hall–Kier alpha value is -1.69. The molecule has 0 radical (unpaired) electrons. The van der Waals surface area contributed by atoms with E-state index in [9.17, 15) is 4.79 Å². The van der Waals surface area contributed by atoms with Gasteiger partial charge in [-0.25, -0.2) is 9.78 Å². The standard InChI is InChI=1S/C13H21N3O3/c1-10(2)9-16(5-6-18-3)12-8-14-7-11(15-12)13(17)19-4/h7-8,10H,5-6,9H2,1-4H3. The lowest BCUT2D eigenvalue weighted by Gasteiger charge is -2.25. The average molecular weight is 267 g/mol. The van der Waals surface area contributed by atoms with Crippen LogP contribution in [-0.2, 0) is 9.47 Å². The van der Waals surface area contributed by atoms with Gasteiger partial charge in [0.1, 0.15) is 5.82 Å². The summed E-state index contributed by atoms with van der Waals surface area (Å²) in [6.45, 7) is 6.36. The Labute approximate surface area is 113 Å². The van der Waals surface area contributed by atoms with E-state index >= 15 is 0 Å². The van der Waals surface area contributed by atoms with Gasteiger partial charge in [0, 0.05) is 20.2 Å². The first-order valence-corrected chi connectivity index (χ1v) is 6.22. The fourth-order valence-corrected chi connectivity index (χ4v) is 1.65. The van der Waals surface area contributed by atoms with Gasteiger partial charge in [-0.15, -0.1) is 0 Å². The molecular weight excluding hydrogens is 246 g/mol. The molecule has 1 rings (SSSR count). The molecule has 0 aromatic carbocycles. The van der Waals surface area contributed by atoms with Crippen LogP contribution in [0.15, 0.2) is 12.4 Å². The first-order valence-electron chi connectivity index (χ1n) is 6.22. The molecule has 6 heteroatoms. The Balaban J connectivity index is 2.90. The summed E-state index contributed by atoms with van der Waals surface area (Å²) in [5.41, 5.74) is 0.214. The molecule has 0 aliphatic heterocycles. The number of hydrogen-bond acceptors (Lipinski definition) is 6. The molecule has 106 valence electrons. The highest BCUT2D eigenvalue weighted by Gasteiger charge is 2.14. The zero-order valence-corrected chi connectivity index (χ0v) is 11.9. The average Bonchev–Trinajstić information content (AvgIpc) is 2.42. The van der Waals surface area contributed by atoms with Crippen molar-refractivity contribution in [3.05, 3.63) is 18.1 Å². The second-order valence-electron chi connectivity index (χ2n) is 4.59. The van der Waals surface area contributed by atoms with Gasteiger partial charge >= 0.3 is 5.97 Å². The van der Waals surface area contributed by atoms with E-state index in [1.165, 1.54) is 13.3 Å². The number of aromatic nitrogens is 2. The molecule has 0 bridgehead atoms. The number of hydrogen-bond donors (Lipinski definition) is 0. The summed E-state index contributed by atoms with van der Waals surface area (Å²) in [5, 5.41) is 0. The number of methoxy groups -OCH3 is 2. The van der Waals surface area contributed by atoms with E-state index in [0.29, 0.717) is 24.9 Å². The predicted octanol–water partition coefficient (Wildman–Crippen LogP) is 1.37. The van der Waals surface area contributed by atoms with Crippen molar-refractivity contribution in [1.82, 2.24) is 9.97 Å². The van der Waals surface area contributed by atoms with Crippen molar-refractivity contribution in [2.75, 3.05) is 38.8 Å². The summed E-state index contributed by atoms with van der Waals surface area (Å²) in [6, 6.07) is 0. The summed E-state index contributed by atoms with van der Waals surface area (Å²) in [7, 11) is 2.98. The monoisotopic (exact) mass is 267 g/mol. The maximum atomic E-state index is 11.5. The van der Waals surface area contributed by atoms with E-state index in [1.54, 1.807) is 13.3 Å². The molecule has 0 aliphatic rings. The molecule has 1 aromatic rings. The number of carbonyl (C=O) groups excluding carboxylic acids is 1. The molecule has 0 unspecified atom stereocenters. The number of nitrogens with zero attached hydrogens (tertiary/aromatic N) is 3. The lowest BCUT2D eigenvalue weighted by atomic mass is 10.2. The molecule has 1 aromatic heterocycles. The van der Waals surface area contributed by atoms with Crippen LogP contribution in [0.3, 0.4) is 0 Å². The minimum Gasteiger partial charge on any atom is -0.464 e. The normalized spacial score (nSPS) is 10.6. The summed E-state index contributed by atoms with van der Waals surface area (Å²) in [5.74, 6) is 0.652. The zero-order valence-electron chi connectivity index (χ0n) is 11.9. The van der Waals surface area contributed by atoms with E-state index in [-0.39, 0.29) is 5.69 Å². The molecule has 0 aliphatic carbocycles. The fraction of sp³-hybridized carbons (Fsp3) is 0.615. The molecule has 0 saturated heterocycles. The number of ether oxygens (including phenoxy) is 2. The summed E-state index contributed by atoms with van der Waals surface area (Å²) in [4.78, 5) is 21.8. The Morgan fingerprint density at radius 3 is 2.68 bits per heavy atom. The van der Waals surface area contributed by atoms with E-state index in [1.807, 2.05) is 4.90 Å². The van der Waals surface area contributed by atoms with Crippen LogP contribution in [0.4, 0.5) is 5.82 Å². The van der Waals surface area contributed by atoms with Crippen LogP contribution in [0, 0.1) is 5.92 Å². The molecule has 0 saturated carbocycles. The van der Waals surface area contributed by atoms with Gasteiger partial charge < -0.3 is 14.4 Å². The molecule has 0 N–H and O–H groups in total. The number of esters is 1. The Bertz CT molecular complexity index is 410. The van der Waals surface area contributed by atoms with Crippen LogP contribution in [0.1, 0.15) is 24.3 Å². The summed E-state index contributed by atoms with van der Waals surface area (Å²) >= 11 is 0.